The summed E-state index contributed by atoms with van der Waals surface area (Å²) in [5.41, 5.74) is 2.09. The van der Waals surface area contributed by atoms with E-state index in [4.69, 9.17) is 11.6 Å². The molecule has 4 rings (SSSR count). The van der Waals surface area contributed by atoms with E-state index in [9.17, 15) is 18.3 Å². The molecule has 158 valence electrons. The number of amides is 1. The van der Waals surface area contributed by atoms with Gasteiger partial charge in [0.15, 0.2) is 5.76 Å². The Kier molecular flexibility index (Phi) is 5.60. The van der Waals surface area contributed by atoms with E-state index in [1.807, 2.05) is 19.1 Å². The maximum absolute atomic E-state index is 13.5. The summed E-state index contributed by atoms with van der Waals surface area (Å²) in [6.45, 7) is 2.02. The van der Waals surface area contributed by atoms with Crippen molar-refractivity contribution in [3.8, 4) is 0 Å². The highest BCUT2D eigenvalue weighted by atomic mass is 35.5. The number of rotatable bonds is 5. The first-order chi connectivity index (χ1) is 14.8. The third-order valence-electron chi connectivity index (χ3n) is 5.31. The predicted octanol–water partition coefficient (Wildman–Crippen LogP) is 5.23. The average molecular weight is 454 g/mol. The van der Waals surface area contributed by atoms with Crippen molar-refractivity contribution in [1.82, 2.24) is 0 Å². The highest BCUT2D eigenvalue weighted by Crippen LogP contribution is 2.44. The average Bonchev–Trinajstić information content (AvgIpc) is 3.06. The van der Waals surface area contributed by atoms with Crippen molar-refractivity contribution in [3.63, 3.8) is 0 Å². The van der Waals surface area contributed by atoms with Gasteiger partial charge in [0.1, 0.15) is 10.9 Å². The lowest BCUT2D eigenvalue weighted by Gasteiger charge is -2.27. The monoisotopic (exact) mass is 453 g/mol. The molecule has 1 atom stereocenters. The van der Waals surface area contributed by atoms with Crippen molar-refractivity contribution in [2.75, 3.05) is 4.90 Å². The second kappa shape index (κ2) is 8.21. The van der Waals surface area contributed by atoms with Gasteiger partial charge in [-0.25, -0.2) is 8.42 Å². The van der Waals surface area contributed by atoms with Crippen molar-refractivity contribution in [2.24, 2.45) is 0 Å². The van der Waals surface area contributed by atoms with Crippen LogP contribution in [0.4, 0.5) is 5.69 Å². The lowest BCUT2D eigenvalue weighted by atomic mass is 10.1. The van der Waals surface area contributed by atoms with E-state index in [1.165, 1.54) is 17.0 Å². The SMILES string of the molecule is CCc1ccc(N2C(=O)C(O)=C(S(=O)(=O)c3ccccc3)[C@H]2c2ccc(Cl)cc2)cc1. The fourth-order valence-electron chi connectivity index (χ4n) is 3.69. The van der Waals surface area contributed by atoms with Crippen molar-refractivity contribution in [2.45, 2.75) is 24.3 Å². The Bertz CT molecular complexity index is 1250. The van der Waals surface area contributed by atoms with Gasteiger partial charge in [-0.05, 0) is 53.9 Å². The van der Waals surface area contributed by atoms with Crippen LogP contribution in [0.3, 0.4) is 0 Å². The molecule has 0 radical (unpaired) electrons. The Balaban J connectivity index is 1.92. The molecule has 0 aromatic heterocycles. The largest absolute Gasteiger partial charge is 0.502 e. The Labute approximate surface area is 186 Å². The van der Waals surface area contributed by atoms with Gasteiger partial charge in [-0.1, -0.05) is 61.0 Å². The van der Waals surface area contributed by atoms with Crippen LogP contribution in [-0.4, -0.2) is 19.4 Å². The molecule has 0 aliphatic carbocycles. The van der Waals surface area contributed by atoms with Gasteiger partial charge < -0.3 is 5.11 Å². The number of aryl methyl sites for hydroxylation is 1. The van der Waals surface area contributed by atoms with Crippen LogP contribution in [0.5, 0.6) is 0 Å². The first-order valence-electron chi connectivity index (χ1n) is 9.76. The summed E-state index contributed by atoms with van der Waals surface area (Å²) in [5, 5.41) is 11.2. The van der Waals surface area contributed by atoms with Gasteiger partial charge in [-0.15, -0.1) is 0 Å². The molecule has 0 saturated heterocycles. The maximum atomic E-state index is 13.5. The number of carbonyl (C=O) groups is 1. The zero-order valence-electron chi connectivity index (χ0n) is 16.7. The van der Waals surface area contributed by atoms with Crippen LogP contribution in [0, 0.1) is 0 Å². The number of aliphatic hydroxyl groups is 1. The predicted molar refractivity (Wildman–Crippen MR) is 121 cm³/mol. The summed E-state index contributed by atoms with van der Waals surface area (Å²) in [6.07, 6.45) is 0.825. The molecular weight excluding hydrogens is 434 g/mol. The third-order valence-corrected chi connectivity index (χ3v) is 7.45. The Morgan fingerprint density at radius 1 is 0.935 bits per heavy atom. The molecule has 7 heteroatoms. The van der Waals surface area contributed by atoms with Gasteiger partial charge in [-0.3, -0.25) is 9.69 Å². The molecule has 0 spiro atoms. The summed E-state index contributed by atoms with van der Waals surface area (Å²) >= 11 is 6.02. The molecule has 3 aromatic rings. The van der Waals surface area contributed by atoms with E-state index >= 15 is 0 Å². The Hall–Kier alpha value is -3.09. The van der Waals surface area contributed by atoms with E-state index in [1.54, 1.807) is 54.6 Å². The van der Waals surface area contributed by atoms with Crippen LogP contribution in [0.1, 0.15) is 24.1 Å². The third kappa shape index (κ3) is 3.73. The molecule has 1 amide bonds. The summed E-state index contributed by atoms with van der Waals surface area (Å²) in [7, 11) is -4.15. The number of halogens is 1. The maximum Gasteiger partial charge on any atom is 0.295 e. The van der Waals surface area contributed by atoms with Gasteiger partial charge >= 0.3 is 0 Å². The molecule has 1 N–H and O–H groups in total. The zero-order valence-corrected chi connectivity index (χ0v) is 18.3. The van der Waals surface area contributed by atoms with Crippen LogP contribution in [0.25, 0.3) is 0 Å². The van der Waals surface area contributed by atoms with Crippen molar-refractivity contribution >= 4 is 33.0 Å². The number of sulfone groups is 1. The van der Waals surface area contributed by atoms with Gasteiger partial charge in [0.05, 0.1) is 4.90 Å². The number of nitrogens with zero attached hydrogens (tertiary/aromatic N) is 1. The fourth-order valence-corrected chi connectivity index (χ4v) is 5.46. The smallest absolute Gasteiger partial charge is 0.295 e. The van der Waals surface area contributed by atoms with Gasteiger partial charge in [0.2, 0.25) is 9.84 Å². The van der Waals surface area contributed by atoms with Crippen LogP contribution in [0.2, 0.25) is 5.02 Å². The van der Waals surface area contributed by atoms with Gasteiger partial charge in [0.25, 0.3) is 5.91 Å². The summed E-state index contributed by atoms with van der Waals surface area (Å²) in [4.78, 5) is 14.1. The van der Waals surface area contributed by atoms with Crippen molar-refractivity contribution < 1.29 is 18.3 Å². The molecule has 1 heterocycles. The molecule has 0 saturated carbocycles. The highest BCUT2D eigenvalue weighted by Gasteiger charge is 2.47. The first kappa shape index (κ1) is 21.2. The van der Waals surface area contributed by atoms with Crippen LogP contribution < -0.4 is 4.90 Å². The van der Waals surface area contributed by atoms with Crippen LogP contribution in [0.15, 0.2) is 94.4 Å². The number of hydrogen-bond acceptors (Lipinski definition) is 4. The molecular formula is C24H20ClNO4S. The number of carbonyl (C=O) groups excluding carboxylic acids is 1. The Morgan fingerprint density at radius 2 is 1.55 bits per heavy atom. The molecule has 0 fully saturated rings. The number of aliphatic hydroxyl groups excluding tert-OH is 1. The highest BCUT2D eigenvalue weighted by molar-refractivity contribution is 7.95. The molecule has 3 aromatic carbocycles. The zero-order chi connectivity index (χ0) is 22.2. The molecule has 1 aliphatic heterocycles. The molecule has 31 heavy (non-hydrogen) atoms. The second-order valence-electron chi connectivity index (χ2n) is 7.18. The van der Waals surface area contributed by atoms with Gasteiger partial charge in [0, 0.05) is 10.7 Å². The van der Waals surface area contributed by atoms with Crippen LogP contribution in [-0.2, 0) is 21.1 Å². The van der Waals surface area contributed by atoms with E-state index in [0.717, 1.165) is 12.0 Å². The van der Waals surface area contributed by atoms with E-state index in [-0.39, 0.29) is 9.80 Å². The Morgan fingerprint density at radius 3 is 2.13 bits per heavy atom. The van der Waals surface area contributed by atoms with Gasteiger partial charge in [-0.2, -0.15) is 0 Å². The topological polar surface area (TPSA) is 74.7 Å². The lowest BCUT2D eigenvalue weighted by molar-refractivity contribution is -0.117. The molecule has 1 aliphatic rings. The van der Waals surface area contributed by atoms with E-state index < -0.39 is 27.5 Å². The summed E-state index contributed by atoms with van der Waals surface area (Å²) in [5.74, 6) is -1.54. The van der Waals surface area contributed by atoms with E-state index in [0.29, 0.717) is 16.3 Å². The minimum atomic E-state index is -4.15. The standard InChI is InChI=1S/C24H20ClNO4S/c1-2-16-8-14-19(15-9-16)26-21(17-10-12-18(25)13-11-17)23(22(27)24(26)28)31(29,30)20-6-4-3-5-7-20/h3-15,21,27H,2H2,1H3/t21-/m1/s1. The summed E-state index contributed by atoms with van der Waals surface area (Å²) < 4.78 is 27.0. The molecule has 0 unspecified atom stereocenters. The first-order valence-corrected chi connectivity index (χ1v) is 11.6. The van der Waals surface area contributed by atoms with E-state index in [2.05, 4.69) is 0 Å². The second-order valence-corrected chi connectivity index (χ2v) is 9.53. The molecule has 5 nitrogen and oxygen atoms in total. The lowest BCUT2D eigenvalue weighted by Crippen LogP contribution is -2.31. The van der Waals surface area contributed by atoms with Crippen molar-refractivity contribution in [3.05, 3.63) is 106 Å². The minimum Gasteiger partial charge on any atom is -0.502 e. The number of hydrogen-bond donors (Lipinski definition) is 1. The van der Waals surface area contributed by atoms with Crippen molar-refractivity contribution in [1.29, 1.82) is 0 Å². The minimum absolute atomic E-state index is 0.00601. The van der Waals surface area contributed by atoms with Crippen LogP contribution >= 0.6 is 11.6 Å². The number of benzene rings is 3. The molecule has 0 bridgehead atoms. The normalized spacial score (nSPS) is 16.8. The number of anilines is 1. The summed E-state index contributed by atoms with van der Waals surface area (Å²) in [6, 6.07) is 20.6. The fraction of sp³-hybridized carbons (Fsp3) is 0.125. The quantitative estimate of drug-likeness (QED) is 0.573.